The van der Waals surface area contributed by atoms with Crippen molar-refractivity contribution in [1.82, 2.24) is 0 Å². The predicted octanol–water partition coefficient (Wildman–Crippen LogP) is 3.35. The molecule has 0 aromatic carbocycles. The molecule has 0 amide bonds. The molecule has 18 heavy (non-hydrogen) atoms. The van der Waals surface area contributed by atoms with Gasteiger partial charge >= 0.3 is 5.97 Å². The van der Waals surface area contributed by atoms with Crippen LogP contribution in [0.4, 0.5) is 0 Å². The monoisotopic (exact) mass is 262 g/mol. The molecule has 4 nitrogen and oxygen atoms in total. The van der Waals surface area contributed by atoms with Gasteiger partial charge in [-0.1, -0.05) is 19.8 Å². The van der Waals surface area contributed by atoms with Gasteiger partial charge in [0, 0.05) is 26.4 Å². The summed E-state index contributed by atoms with van der Waals surface area (Å²) < 4.78 is 23.1. The zero-order chi connectivity index (χ0) is 13.9. The van der Waals surface area contributed by atoms with Crippen LogP contribution in [0.3, 0.4) is 0 Å². The Bertz CT molecular complexity index is 168. The summed E-state index contributed by atoms with van der Waals surface area (Å²) in [7, 11) is 0. The van der Waals surface area contributed by atoms with Gasteiger partial charge in [-0.2, -0.15) is 0 Å². The highest BCUT2D eigenvalue weighted by Gasteiger charge is 2.42. The summed E-state index contributed by atoms with van der Waals surface area (Å²) in [6.07, 6.45) is 2.89. The van der Waals surface area contributed by atoms with Crippen molar-refractivity contribution in [2.45, 2.75) is 66.0 Å². The molecule has 0 heterocycles. The van der Waals surface area contributed by atoms with E-state index < -0.39 is 5.97 Å². The fourth-order valence-electron chi connectivity index (χ4n) is 1.96. The second-order valence-electron chi connectivity index (χ2n) is 3.99. The quantitative estimate of drug-likeness (QED) is 0.505. The van der Waals surface area contributed by atoms with Crippen molar-refractivity contribution < 1.29 is 18.9 Å². The first kappa shape index (κ1) is 17.8. The van der Waals surface area contributed by atoms with Crippen LogP contribution in [-0.4, -0.2) is 38.5 Å². The van der Waals surface area contributed by atoms with Gasteiger partial charge in [0.2, 0.25) is 0 Å². The Morgan fingerprint density at radius 1 is 0.778 bits per heavy atom. The molecule has 0 radical (unpaired) electrons. The molecule has 0 bridgehead atoms. The van der Waals surface area contributed by atoms with Gasteiger partial charge in [0.05, 0.1) is 0 Å². The summed E-state index contributed by atoms with van der Waals surface area (Å²) in [6.45, 7) is 12.2. The van der Waals surface area contributed by atoms with E-state index in [4.69, 9.17) is 18.9 Å². The van der Waals surface area contributed by atoms with Crippen molar-refractivity contribution in [3.05, 3.63) is 0 Å². The molecule has 0 saturated heterocycles. The van der Waals surface area contributed by atoms with Gasteiger partial charge in [0.15, 0.2) is 0 Å². The van der Waals surface area contributed by atoms with Crippen LogP contribution in [0.1, 0.15) is 53.9 Å². The van der Waals surface area contributed by atoms with Crippen molar-refractivity contribution in [1.29, 1.82) is 0 Å². The van der Waals surface area contributed by atoms with Crippen LogP contribution in [0.25, 0.3) is 0 Å². The average Bonchev–Trinajstić information content (AvgIpc) is 2.35. The fraction of sp³-hybridized carbons (Fsp3) is 1.00. The lowest BCUT2D eigenvalue weighted by atomic mass is 10.1. The smallest absolute Gasteiger partial charge is 0.310 e. The maximum atomic E-state index is 5.79. The van der Waals surface area contributed by atoms with Gasteiger partial charge < -0.3 is 18.9 Å². The maximum Gasteiger partial charge on any atom is 0.310 e. The van der Waals surface area contributed by atoms with Crippen molar-refractivity contribution >= 4 is 0 Å². The summed E-state index contributed by atoms with van der Waals surface area (Å²) in [6, 6.07) is 0. The Kier molecular flexibility index (Phi) is 10.6. The lowest BCUT2D eigenvalue weighted by Crippen LogP contribution is -2.51. The van der Waals surface area contributed by atoms with Crippen LogP contribution in [0.5, 0.6) is 0 Å². The number of rotatable bonds is 12. The SMILES string of the molecule is CCCCC(OCC)C(OCC)(OCC)OCC. The van der Waals surface area contributed by atoms with Gasteiger partial charge in [-0.3, -0.25) is 0 Å². The first-order valence-electron chi connectivity index (χ1n) is 7.24. The Morgan fingerprint density at radius 2 is 1.28 bits per heavy atom. The van der Waals surface area contributed by atoms with E-state index in [1.807, 2.05) is 27.7 Å². The summed E-state index contributed by atoms with van der Waals surface area (Å²) in [5.41, 5.74) is 0. The van der Waals surface area contributed by atoms with E-state index in [1.54, 1.807) is 0 Å². The molecular weight excluding hydrogens is 232 g/mol. The zero-order valence-electron chi connectivity index (χ0n) is 12.7. The number of hydrogen-bond donors (Lipinski definition) is 0. The normalized spacial score (nSPS) is 13.8. The highest BCUT2D eigenvalue weighted by Crippen LogP contribution is 2.27. The van der Waals surface area contributed by atoms with E-state index in [0.717, 1.165) is 19.3 Å². The minimum atomic E-state index is -1.05. The molecule has 0 aliphatic carbocycles. The van der Waals surface area contributed by atoms with Crippen molar-refractivity contribution in [2.75, 3.05) is 26.4 Å². The topological polar surface area (TPSA) is 36.9 Å². The third-order valence-electron chi connectivity index (χ3n) is 2.62. The molecule has 0 spiro atoms. The Morgan fingerprint density at radius 3 is 1.61 bits per heavy atom. The molecular formula is C14H30O4. The number of unbranched alkanes of at least 4 members (excludes halogenated alkanes) is 1. The van der Waals surface area contributed by atoms with Gasteiger partial charge in [-0.05, 0) is 34.1 Å². The predicted molar refractivity (Wildman–Crippen MR) is 72.5 cm³/mol. The molecule has 0 fully saturated rings. The fourth-order valence-corrected chi connectivity index (χ4v) is 1.96. The van der Waals surface area contributed by atoms with Crippen LogP contribution in [0, 0.1) is 0 Å². The second kappa shape index (κ2) is 10.7. The third kappa shape index (κ3) is 5.65. The van der Waals surface area contributed by atoms with E-state index in [1.165, 1.54) is 0 Å². The largest absolute Gasteiger partial charge is 0.370 e. The van der Waals surface area contributed by atoms with Crippen molar-refractivity contribution in [3.8, 4) is 0 Å². The molecule has 1 atom stereocenters. The molecule has 0 N–H and O–H groups in total. The molecule has 0 rings (SSSR count). The summed E-state index contributed by atoms with van der Waals surface area (Å²) >= 11 is 0. The van der Waals surface area contributed by atoms with Crippen molar-refractivity contribution in [3.63, 3.8) is 0 Å². The van der Waals surface area contributed by atoms with E-state index in [2.05, 4.69) is 6.92 Å². The molecule has 0 aromatic heterocycles. The van der Waals surface area contributed by atoms with Gasteiger partial charge in [0.1, 0.15) is 6.10 Å². The molecule has 110 valence electrons. The van der Waals surface area contributed by atoms with Gasteiger partial charge in [0.25, 0.3) is 0 Å². The zero-order valence-corrected chi connectivity index (χ0v) is 12.7. The van der Waals surface area contributed by atoms with E-state index in [9.17, 15) is 0 Å². The van der Waals surface area contributed by atoms with Crippen LogP contribution < -0.4 is 0 Å². The van der Waals surface area contributed by atoms with E-state index in [-0.39, 0.29) is 6.10 Å². The maximum absolute atomic E-state index is 5.79. The lowest BCUT2D eigenvalue weighted by Gasteiger charge is -2.38. The third-order valence-corrected chi connectivity index (χ3v) is 2.62. The first-order valence-corrected chi connectivity index (χ1v) is 7.24. The summed E-state index contributed by atoms with van der Waals surface area (Å²) in [5.74, 6) is -1.05. The standard InChI is InChI=1S/C14H30O4/c1-6-11-12-13(15-7-2)14(16-8-3,17-9-4)18-10-5/h13H,6-12H2,1-5H3. The van der Waals surface area contributed by atoms with Crippen molar-refractivity contribution in [2.24, 2.45) is 0 Å². The number of ether oxygens (including phenoxy) is 4. The van der Waals surface area contributed by atoms with Gasteiger partial charge in [-0.25, -0.2) is 0 Å². The molecule has 0 aliphatic heterocycles. The summed E-state index contributed by atoms with van der Waals surface area (Å²) in [5, 5.41) is 0. The van der Waals surface area contributed by atoms with E-state index >= 15 is 0 Å². The average molecular weight is 262 g/mol. The van der Waals surface area contributed by atoms with Crippen LogP contribution in [-0.2, 0) is 18.9 Å². The highest BCUT2D eigenvalue weighted by atomic mass is 16.9. The Hall–Kier alpha value is -0.160. The minimum absolute atomic E-state index is 0.178. The molecule has 1 unspecified atom stereocenters. The minimum Gasteiger partial charge on any atom is -0.370 e. The van der Waals surface area contributed by atoms with Crippen LogP contribution >= 0.6 is 0 Å². The lowest BCUT2D eigenvalue weighted by molar-refractivity contribution is -0.415. The second-order valence-corrected chi connectivity index (χ2v) is 3.99. The summed E-state index contributed by atoms with van der Waals surface area (Å²) in [4.78, 5) is 0. The Balaban J connectivity index is 4.88. The molecule has 0 aliphatic rings. The van der Waals surface area contributed by atoms with Gasteiger partial charge in [-0.15, -0.1) is 0 Å². The van der Waals surface area contributed by atoms with Crippen LogP contribution in [0.2, 0.25) is 0 Å². The number of hydrogen-bond acceptors (Lipinski definition) is 4. The van der Waals surface area contributed by atoms with Crippen LogP contribution in [0.15, 0.2) is 0 Å². The molecule has 0 saturated carbocycles. The highest BCUT2D eigenvalue weighted by molar-refractivity contribution is 4.72. The van der Waals surface area contributed by atoms with E-state index in [0.29, 0.717) is 26.4 Å². The molecule has 0 aromatic rings. The Labute approximate surface area is 112 Å². The first-order chi connectivity index (χ1) is 8.70. The molecule has 4 heteroatoms.